The van der Waals surface area contributed by atoms with E-state index in [-0.39, 0.29) is 0 Å². The van der Waals surface area contributed by atoms with E-state index >= 15 is 0 Å². The first kappa shape index (κ1) is 12.2. The summed E-state index contributed by atoms with van der Waals surface area (Å²) in [7, 11) is 0. The van der Waals surface area contributed by atoms with Crippen molar-refractivity contribution in [2.45, 2.75) is 24.8 Å². The Morgan fingerprint density at radius 1 is 1.15 bits per heavy atom. The third-order valence-corrected chi connectivity index (χ3v) is 5.02. The maximum absolute atomic E-state index is 3.78. The Morgan fingerprint density at radius 3 is 2.90 bits per heavy atom. The second kappa shape index (κ2) is 4.78. The van der Waals surface area contributed by atoms with E-state index in [1.807, 2.05) is 0 Å². The Hall–Kier alpha value is -1.54. The van der Waals surface area contributed by atoms with Crippen LogP contribution in [0, 0.1) is 0 Å². The van der Waals surface area contributed by atoms with Crippen molar-refractivity contribution in [3.05, 3.63) is 76.5 Å². The zero-order valence-corrected chi connectivity index (χ0v) is 12.8. The number of para-hydroxylation sites is 1. The van der Waals surface area contributed by atoms with Gasteiger partial charge in [0.05, 0.1) is 6.04 Å². The van der Waals surface area contributed by atoms with Crippen molar-refractivity contribution >= 4 is 21.6 Å². The van der Waals surface area contributed by atoms with E-state index in [0.717, 1.165) is 12.8 Å². The van der Waals surface area contributed by atoms with Crippen LogP contribution in [0.5, 0.6) is 0 Å². The normalized spacial score (nSPS) is 26.9. The van der Waals surface area contributed by atoms with Crippen molar-refractivity contribution in [2.24, 2.45) is 0 Å². The number of fused-ring (bicyclic) bond motifs is 3. The molecule has 3 aliphatic rings. The number of nitrogens with zero attached hydrogens (tertiary/aromatic N) is 1. The van der Waals surface area contributed by atoms with Gasteiger partial charge in [0.25, 0.3) is 0 Å². The molecule has 1 nitrogen and oxygen atoms in total. The standard InChI is InChI=1S/C18H16BrN/c19-16-11-6-10-15-14-9-4-5-12-17(14)20(18(15)16)13-7-2-1-3-8-13/h2,4-12,15,18H,1,3H2. The molecule has 2 atom stereocenters. The van der Waals surface area contributed by atoms with Crippen molar-refractivity contribution in [1.82, 2.24) is 0 Å². The first-order chi connectivity index (χ1) is 9.86. The average Bonchev–Trinajstić information content (AvgIpc) is 2.84. The van der Waals surface area contributed by atoms with Crippen molar-refractivity contribution in [3.63, 3.8) is 0 Å². The number of hydrogen-bond donors (Lipinski definition) is 0. The van der Waals surface area contributed by atoms with Gasteiger partial charge >= 0.3 is 0 Å². The summed E-state index contributed by atoms with van der Waals surface area (Å²) in [5.74, 6) is 0.446. The maximum atomic E-state index is 3.78. The van der Waals surface area contributed by atoms with E-state index < -0.39 is 0 Å². The largest absolute Gasteiger partial charge is 0.332 e. The molecule has 2 unspecified atom stereocenters. The zero-order valence-electron chi connectivity index (χ0n) is 11.2. The number of halogens is 1. The monoisotopic (exact) mass is 325 g/mol. The Bertz CT molecular complexity index is 666. The topological polar surface area (TPSA) is 3.24 Å². The molecule has 2 heteroatoms. The van der Waals surface area contributed by atoms with Gasteiger partial charge in [0.2, 0.25) is 0 Å². The average molecular weight is 326 g/mol. The smallest absolute Gasteiger partial charge is 0.0760 e. The van der Waals surface area contributed by atoms with Gasteiger partial charge in [-0.05, 0) is 30.5 Å². The predicted octanol–water partition coefficient (Wildman–Crippen LogP) is 5.04. The van der Waals surface area contributed by atoms with Gasteiger partial charge in [-0.25, -0.2) is 0 Å². The SMILES string of the molecule is BrC1=CC=CC2c3ccccc3N(C3=CCCC=C3)C12. The number of hydrogen-bond acceptors (Lipinski definition) is 1. The maximum Gasteiger partial charge on any atom is 0.0760 e. The minimum Gasteiger partial charge on any atom is -0.332 e. The molecule has 1 aliphatic heterocycles. The van der Waals surface area contributed by atoms with Gasteiger partial charge in [-0.15, -0.1) is 0 Å². The number of allylic oxidation sites excluding steroid dienone is 5. The van der Waals surface area contributed by atoms with Gasteiger partial charge in [0.15, 0.2) is 0 Å². The summed E-state index contributed by atoms with van der Waals surface area (Å²) in [6.07, 6.45) is 15.9. The van der Waals surface area contributed by atoms with Gasteiger partial charge in [-0.3, -0.25) is 0 Å². The van der Waals surface area contributed by atoms with Crippen LogP contribution < -0.4 is 4.90 Å². The van der Waals surface area contributed by atoms with Gasteiger partial charge in [-0.1, -0.05) is 64.5 Å². The Balaban J connectivity index is 1.88. The van der Waals surface area contributed by atoms with Crippen LogP contribution in [0.4, 0.5) is 5.69 Å². The second-order valence-electron chi connectivity index (χ2n) is 5.44. The van der Waals surface area contributed by atoms with Gasteiger partial charge in [0.1, 0.15) is 0 Å². The third-order valence-electron chi connectivity index (χ3n) is 4.28. The lowest BCUT2D eigenvalue weighted by Gasteiger charge is -2.32. The lowest BCUT2D eigenvalue weighted by atomic mass is 9.91. The molecule has 1 aromatic carbocycles. The van der Waals surface area contributed by atoms with Crippen molar-refractivity contribution in [3.8, 4) is 0 Å². The van der Waals surface area contributed by atoms with Gasteiger partial charge < -0.3 is 4.90 Å². The van der Waals surface area contributed by atoms with Gasteiger partial charge in [-0.2, -0.15) is 0 Å². The molecule has 0 saturated carbocycles. The number of anilines is 1. The first-order valence-corrected chi connectivity index (χ1v) is 7.94. The fraction of sp³-hybridized carbons (Fsp3) is 0.222. The van der Waals surface area contributed by atoms with Crippen LogP contribution in [0.3, 0.4) is 0 Å². The molecule has 1 aromatic rings. The van der Waals surface area contributed by atoms with Gasteiger partial charge in [0, 0.05) is 21.8 Å². The molecule has 0 radical (unpaired) electrons. The molecular formula is C18H16BrN. The molecular weight excluding hydrogens is 310 g/mol. The molecule has 1 heterocycles. The van der Waals surface area contributed by atoms with E-state index in [0.29, 0.717) is 12.0 Å². The molecule has 0 spiro atoms. The third kappa shape index (κ3) is 1.75. The van der Waals surface area contributed by atoms with E-state index in [4.69, 9.17) is 0 Å². The highest BCUT2D eigenvalue weighted by Crippen LogP contribution is 2.49. The molecule has 0 saturated heterocycles. The Kier molecular flexibility index (Phi) is 2.92. The van der Waals surface area contributed by atoms with E-state index in [1.54, 1.807) is 0 Å². The van der Waals surface area contributed by atoms with Crippen LogP contribution in [0.1, 0.15) is 24.3 Å². The van der Waals surface area contributed by atoms with Crippen LogP contribution in [0.15, 0.2) is 70.9 Å². The summed E-state index contributed by atoms with van der Waals surface area (Å²) < 4.78 is 1.26. The quantitative estimate of drug-likeness (QED) is 0.699. The molecule has 0 amide bonds. The Labute approximate surface area is 128 Å². The van der Waals surface area contributed by atoms with Crippen molar-refractivity contribution in [1.29, 1.82) is 0 Å². The minimum absolute atomic E-state index is 0.367. The van der Waals surface area contributed by atoms with Crippen LogP contribution in [0.25, 0.3) is 0 Å². The molecule has 0 N–H and O–H groups in total. The summed E-state index contributed by atoms with van der Waals surface area (Å²) in [6, 6.07) is 9.15. The predicted molar refractivity (Wildman–Crippen MR) is 88.1 cm³/mol. The summed E-state index contributed by atoms with van der Waals surface area (Å²) in [5.41, 5.74) is 4.10. The second-order valence-corrected chi connectivity index (χ2v) is 6.36. The zero-order chi connectivity index (χ0) is 13.5. The lowest BCUT2D eigenvalue weighted by Crippen LogP contribution is -2.34. The lowest BCUT2D eigenvalue weighted by molar-refractivity contribution is 0.718. The van der Waals surface area contributed by atoms with Crippen LogP contribution in [0.2, 0.25) is 0 Å². The first-order valence-electron chi connectivity index (χ1n) is 7.15. The fourth-order valence-corrected chi connectivity index (χ4v) is 4.06. The Morgan fingerprint density at radius 2 is 2.05 bits per heavy atom. The van der Waals surface area contributed by atoms with Crippen LogP contribution in [-0.2, 0) is 0 Å². The number of benzene rings is 1. The van der Waals surface area contributed by atoms with E-state index in [9.17, 15) is 0 Å². The van der Waals surface area contributed by atoms with Crippen molar-refractivity contribution in [2.75, 3.05) is 4.90 Å². The molecule has 0 fully saturated rings. The summed E-state index contributed by atoms with van der Waals surface area (Å²) in [4.78, 5) is 2.49. The fourth-order valence-electron chi connectivity index (χ4n) is 3.42. The van der Waals surface area contributed by atoms with Crippen LogP contribution in [-0.4, -0.2) is 6.04 Å². The minimum atomic E-state index is 0.367. The van der Waals surface area contributed by atoms with Crippen LogP contribution >= 0.6 is 15.9 Å². The molecule has 0 bridgehead atoms. The summed E-state index contributed by atoms with van der Waals surface area (Å²) >= 11 is 3.78. The molecule has 100 valence electrons. The molecule has 2 aliphatic carbocycles. The highest BCUT2D eigenvalue weighted by molar-refractivity contribution is 9.11. The molecule has 20 heavy (non-hydrogen) atoms. The molecule has 4 rings (SSSR count). The van der Waals surface area contributed by atoms with E-state index in [2.05, 4.69) is 81.6 Å². The number of rotatable bonds is 1. The highest BCUT2D eigenvalue weighted by Gasteiger charge is 2.40. The highest BCUT2D eigenvalue weighted by atomic mass is 79.9. The van der Waals surface area contributed by atoms with E-state index in [1.165, 1.54) is 21.4 Å². The molecule has 0 aromatic heterocycles. The van der Waals surface area contributed by atoms with Crippen molar-refractivity contribution < 1.29 is 0 Å². The summed E-state index contributed by atoms with van der Waals surface area (Å²) in [5, 5.41) is 0. The summed E-state index contributed by atoms with van der Waals surface area (Å²) in [6.45, 7) is 0.